The standard InChI is InChI=1S/C20H18N2O2S/c1-15-5-8-18(9-6-15)25(23,24)22-13-11-17-14-16(7-10-20(17)22)19-4-3-12-21(19)2/h3-14H,1-2H3. The van der Waals surface area contributed by atoms with Crippen LogP contribution < -0.4 is 0 Å². The molecule has 2 aromatic heterocycles. The fourth-order valence-corrected chi connectivity index (χ4v) is 4.42. The molecule has 4 rings (SSSR count). The molecule has 0 aliphatic heterocycles. The van der Waals surface area contributed by atoms with Crippen molar-refractivity contribution in [2.24, 2.45) is 7.05 Å². The molecule has 2 aromatic carbocycles. The smallest absolute Gasteiger partial charge is 0.268 e. The van der Waals surface area contributed by atoms with Gasteiger partial charge in [-0.15, -0.1) is 0 Å². The molecule has 0 saturated heterocycles. The molecule has 0 bridgehead atoms. The van der Waals surface area contributed by atoms with Gasteiger partial charge in [0.15, 0.2) is 0 Å². The van der Waals surface area contributed by atoms with Crippen LogP contribution in [-0.4, -0.2) is 17.0 Å². The molecule has 0 fully saturated rings. The maximum absolute atomic E-state index is 12.9. The second kappa shape index (κ2) is 5.63. The van der Waals surface area contributed by atoms with Crippen LogP contribution in [0.15, 0.2) is 78.0 Å². The molecule has 0 unspecified atom stereocenters. The molecule has 4 nitrogen and oxygen atoms in total. The van der Waals surface area contributed by atoms with Crippen LogP contribution in [0, 0.1) is 6.92 Å². The Morgan fingerprint density at radius 3 is 2.32 bits per heavy atom. The van der Waals surface area contributed by atoms with Crippen molar-refractivity contribution in [3.63, 3.8) is 0 Å². The highest BCUT2D eigenvalue weighted by Gasteiger charge is 2.19. The van der Waals surface area contributed by atoms with Crippen molar-refractivity contribution in [3.05, 3.63) is 78.6 Å². The van der Waals surface area contributed by atoms with E-state index in [-0.39, 0.29) is 0 Å². The number of nitrogens with zero attached hydrogens (tertiary/aromatic N) is 2. The Morgan fingerprint density at radius 2 is 1.64 bits per heavy atom. The lowest BCUT2D eigenvalue weighted by Gasteiger charge is -2.09. The van der Waals surface area contributed by atoms with Crippen molar-refractivity contribution in [1.82, 2.24) is 8.54 Å². The maximum Gasteiger partial charge on any atom is 0.268 e. The van der Waals surface area contributed by atoms with Gasteiger partial charge in [0.05, 0.1) is 10.4 Å². The summed E-state index contributed by atoms with van der Waals surface area (Å²) in [5.41, 5.74) is 3.86. The highest BCUT2D eigenvalue weighted by molar-refractivity contribution is 7.90. The van der Waals surface area contributed by atoms with Gasteiger partial charge in [0.1, 0.15) is 0 Å². The van der Waals surface area contributed by atoms with Crippen LogP contribution in [0.25, 0.3) is 22.2 Å². The van der Waals surface area contributed by atoms with Gasteiger partial charge < -0.3 is 4.57 Å². The van der Waals surface area contributed by atoms with E-state index in [9.17, 15) is 8.42 Å². The van der Waals surface area contributed by atoms with Crippen molar-refractivity contribution in [1.29, 1.82) is 0 Å². The lowest BCUT2D eigenvalue weighted by molar-refractivity contribution is 0.589. The molecule has 5 heteroatoms. The zero-order valence-corrected chi connectivity index (χ0v) is 14.9. The van der Waals surface area contributed by atoms with Gasteiger partial charge in [0.25, 0.3) is 10.0 Å². The van der Waals surface area contributed by atoms with Crippen molar-refractivity contribution in [3.8, 4) is 11.3 Å². The van der Waals surface area contributed by atoms with Gasteiger partial charge in [0.2, 0.25) is 0 Å². The topological polar surface area (TPSA) is 44.0 Å². The van der Waals surface area contributed by atoms with Crippen LogP contribution in [0.3, 0.4) is 0 Å². The molecular weight excluding hydrogens is 332 g/mol. The third kappa shape index (κ3) is 2.57. The molecule has 0 aliphatic carbocycles. The summed E-state index contributed by atoms with van der Waals surface area (Å²) in [4.78, 5) is 0.294. The van der Waals surface area contributed by atoms with E-state index in [0.29, 0.717) is 10.4 Å². The van der Waals surface area contributed by atoms with Gasteiger partial charge in [-0.25, -0.2) is 12.4 Å². The van der Waals surface area contributed by atoms with E-state index in [1.807, 2.05) is 73.3 Å². The minimum atomic E-state index is -3.60. The molecule has 0 N–H and O–H groups in total. The number of hydrogen-bond acceptors (Lipinski definition) is 2. The number of fused-ring (bicyclic) bond motifs is 1. The molecule has 2 heterocycles. The van der Waals surface area contributed by atoms with Crippen molar-refractivity contribution >= 4 is 20.9 Å². The van der Waals surface area contributed by atoms with Gasteiger partial charge in [-0.1, -0.05) is 23.8 Å². The lowest BCUT2D eigenvalue weighted by Crippen LogP contribution is -2.11. The summed E-state index contributed by atoms with van der Waals surface area (Å²) < 4.78 is 29.3. The summed E-state index contributed by atoms with van der Waals surface area (Å²) in [6.07, 6.45) is 3.61. The van der Waals surface area contributed by atoms with E-state index in [1.165, 1.54) is 3.97 Å². The first-order chi connectivity index (χ1) is 12.0. The Balaban J connectivity index is 1.84. The molecule has 0 amide bonds. The van der Waals surface area contributed by atoms with Crippen molar-refractivity contribution in [2.45, 2.75) is 11.8 Å². The van der Waals surface area contributed by atoms with E-state index in [1.54, 1.807) is 18.3 Å². The Labute approximate surface area is 147 Å². The van der Waals surface area contributed by atoms with Crippen LogP contribution in [0.5, 0.6) is 0 Å². The first kappa shape index (κ1) is 15.7. The van der Waals surface area contributed by atoms with Gasteiger partial charge >= 0.3 is 0 Å². The van der Waals surface area contributed by atoms with Crippen LogP contribution in [0.2, 0.25) is 0 Å². The molecule has 4 aromatic rings. The van der Waals surface area contributed by atoms with E-state index >= 15 is 0 Å². The monoisotopic (exact) mass is 350 g/mol. The normalized spacial score (nSPS) is 11.9. The maximum atomic E-state index is 12.9. The number of aryl methyl sites for hydroxylation is 2. The highest BCUT2D eigenvalue weighted by atomic mass is 32.2. The lowest BCUT2D eigenvalue weighted by atomic mass is 10.1. The second-order valence-corrected chi connectivity index (χ2v) is 8.02. The summed E-state index contributed by atoms with van der Waals surface area (Å²) in [6, 6.07) is 18.6. The van der Waals surface area contributed by atoms with Crippen molar-refractivity contribution in [2.75, 3.05) is 0 Å². The van der Waals surface area contributed by atoms with Gasteiger partial charge in [-0.3, -0.25) is 0 Å². The predicted molar refractivity (Wildman–Crippen MR) is 100 cm³/mol. The first-order valence-electron chi connectivity index (χ1n) is 8.02. The second-order valence-electron chi connectivity index (χ2n) is 6.21. The molecular formula is C20H18N2O2S. The van der Waals surface area contributed by atoms with Crippen molar-refractivity contribution < 1.29 is 8.42 Å². The quantitative estimate of drug-likeness (QED) is 0.556. The highest BCUT2D eigenvalue weighted by Crippen LogP contribution is 2.27. The molecule has 0 radical (unpaired) electrons. The number of rotatable bonds is 3. The fraction of sp³-hybridized carbons (Fsp3) is 0.100. The summed E-state index contributed by atoms with van der Waals surface area (Å²) in [5, 5.41) is 0.898. The molecule has 0 saturated carbocycles. The minimum absolute atomic E-state index is 0.294. The summed E-state index contributed by atoms with van der Waals surface area (Å²) in [5.74, 6) is 0. The van der Waals surface area contributed by atoms with E-state index in [0.717, 1.165) is 22.2 Å². The zero-order chi connectivity index (χ0) is 17.6. The average molecular weight is 350 g/mol. The molecule has 0 aliphatic rings. The summed E-state index contributed by atoms with van der Waals surface area (Å²) >= 11 is 0. The van der Waals surface area contributed by atoms with Gasteiger partial charge in [-0.05, 0) is 55.0 Å². The third-order valence-corrected chi connectivity index (χ3v) is 6.18. The molecule has 126 valence electrons. The van der Waals surface area contributed by atoms with Gasteiger partial charge in [-0.2, -0.15) is 0 Å². The fourth-order valence-electron chi connectivity index (χ4n) is 3.07. The van der Waals surface area contributed by atoms with Crippen LogP contribution in [-0.2, 0) is 17.1 Å². The Bertz CT molecular complexity index is 1170. The molecule has 0 spiro atoms. The number of aromatic nitrogens is 2. The van der Waals surface area contributed by atoms with Gasteiger partial charge in [0, 0.05) is 30.5 Å². The first-order valence-corrected chi connectivity index (χ1v) is 9.46. The number of benzene rings is 2. The predicted octanol–water partition coefficient (Wildman–Crippen LogP) is 4.19. The average Bonchev–Trinajstić information content (AvgIpc) is 3.20. The molecule has 25 heavy (non-hydrogen) atoms. The van der Waals surface area contributed by atoms with Crippen LogP contribution in [0.1, 0.15) is 5.56 Å². The summed E-state index contributed by atoms with van der Waals surface area (Å²) in [6.45, 7) is 1.94. The SMILES string of the molecule is Cc1ccc(S(=O)(=O)n2ccc3cc(-c4cccn4C)ccc32)cc1. The van der Waals surface area contributed by atoms with Crippen LogP contribution >= 0.6 is 0 Å². The third-order valence-electron chi connectivity index (χ3n) is 4.47. The Morgan fingerprint density at radius 1 is 0.880 bits per heavy atom. The minimum Gasteiger partial charge on any atom is -0.351 e. The number of hydrogen-bond donors (Lipinski definition) is 0. The summed E-state index contributed by atoms with van der Waals surface area (Å²) in [7, 11) is -1.61. The Hall–Kier alpha value is -2.79. The largest absolute Gasteiger partial charge is 0.351 e. The van der Waals surface area contributed by atoms with E-state index < -0.39 is 10.0 Å². The Kier molecular flexibility index (Phi) is 3.54. The van der Waals surface area contributed by atoms with E-state index in [2.05, 4.69) is 0 Å². The zero-order valence-electron chi connectivity index (χ0n) is 14.0. The van der Waals surface area contributed by atoms with Crippen LogP contribution in [0.4, 0.5) is 0 Å². The van der Waals surface area contributed by atoms with E-state index in [4.69, 9.17) is 0 Å². The molecule has 0 atom stereocenters.